The Morgan fingerprint density at radius 1 is 1.15 bits per heavy atom. The lowest BCUT2D eigenvalue weighted by Gasteiger charge is -2.25. The molecule has 5 heteroatoms. The number of nitrogens with zero attached hydrogens (tertiary/aromatic N) is 3. The molecule has 0 amide bonds. The van der Waals surface area contributed by atoms with Gasteiger partial charge in [-0.1, -0.05) is 11.6 Å². The van der Waals surface area contributed by atoms with Crippen LogP contribution < -0.4 is 5.32 Å². The molecule has 2 aliphatic heterocycles. The molecule has 1 saturated heterocycles. The average molecular weight is 289 g/mol. The average Bonchev–Trinajstić information content (AvgIpc) is 2.92. The van der Waals surface area contributed by atoms with Crippen molar-refractivity contribution in [3.63, 3.8) is 0 Å². The van der Waals surface area contributed by atoms with E-state index >= 15 is 0 Å². The van der Waals surface area contributed by atoms with Crippen LogP contribution in [0.1, 0.15) is 36.0 Å². The Kier molecular flexibility index (Phi) is 3.00. The van der Waals surface area contributed by atoms with E-state index in [-0.39, 0.29) is 0 Å². The van der Waals surface area contributed by atoms with E-state index in [2.05, 4.69) is 32.2 Å². The third-order valence-corrected chi connectivity index (χ3v) is 4.59. The summed E-state index contributed by atoms with van der Waals surface area (Å²) in [6, 6.07) is 6.14. The van der Waals surface area contributed by atoms with Crippen LogP contribution in [0.5, 0.6) is 0 Å². The van der Waals surface area contributed by atoms with E-state index in [4.69, 9.17) is 11.6 Å². The summed E-state index contributed by atoms with van der Waals surface area (Å²) in [5.74, 6) is 2.73. The summed E-state index contributed by atoms with van der Waals surface area (Å²) >= 11 is 6.12. The maximum absolute atomic E-state index is 6.12. The summed E-state index contributed by atoms with van der Waals surface area (Å²) in [5.41, 5.74) is 2.52. The van der Waals surface area contributed by atoms with Gasteiger partial charge in [0, 0.05) is 17.4 Å². The monoisotopic (exact) mass is 288 g/mol. The molecule has 2 aliphatic rings. The summed E-state index contributed by atoms with van der Waals surface area (Å²) in [7, 11) is 0. The molecule has 0 atom stereocenters. The fourth-order valence-corrected chi connectivity index (χ4v) is 3.51. The van der Waals surface area contributed by atoms with E-state index in [1.807, 2.05) is 6.07 Å². The van der Waals surface area contributed by atoms with Gasteiger partial charge in [-0.2, -0.15) is 0 Å². The number of halogens is 1. The van der Waals surface area contributed by atoms with Gasteiger partial charge in [-0.3, -0.25) is 4.57 Å². The molecule has 0 unspecified atom stereocenters. The molecule has 0 bridgehead atoms. The molecule has 1 aromatic carbocycles. The Bertz CT molecular complexity index is 643. The van der Waals surface area contributed by atoms with E-state index < -0.39 is 0 Å². The summed E-state index contributed by atoms with van der Waals surface area (Å²) in [4.78, 5) is 0. The highest BCUT2D eigenvalue weighted by molar-refractivity contribution is 6.30. The molecule has 2 aromatic rings. The third kappa shape index (κ3) is 1.95. The predicted octanol–water partition coefficient (Wildman–Crippen LogP) is 2.49. The largest absolute Gasteiger partial charge is 0.317 e. The Hall–Kier alpha value is -1.39. The topological polar surface area (TPSA) is 42.7 Å². The van der Waals surface area contributed by atoms with Crippen LogP contribution in [0.15, 0.2) is 18.2 Å². The van der Waals surface area contributed by atoms with Gasteiger partial charge in [0.05, 0.1) is 5.69 Å². The van der Waals surface area contributed by atoms with E-state index in [9.17, 15) is 0 Å². The van der Waals surface area contributed by atoms with Gasteiger partial charge in [-0.05, 0) is 56.1 Å². The van der Waals surface area contributed by atoms with Crippen LogP contribution in [0.3, 0.4) is 0 Å². The van der Waals surface area contributed by atoms with Crippen molar-refractivity contribution in [3.05, 3.63) is 40.4 Å². The molecular formula is C15H17ClN4. The number of aryl methyl sites for hydroxylation is 2. The van der Waals surface area contributed by atoms with E-state index in [0.29, 0.717) is 5.92 Å². The Morgan fingerprint density at radius 3 is 2.85 bits per heavy atom. The van der Waals surface area contributed by atoms with Gasteiger partial charge in [-0.15, -0.1) is 10.2 Å². The van der Waals surface area contributed by atoms with Gasteiger partial charge in [0.2, 0.25) is 0 Å². The van der Waals surface area contributed by atoms with E-state index in [1.54, 1.807) is 0 Å². The number of fused-ring (bicyclic) bond motifs is 3. The minimum Gasteiger partial charge on any atom is -0.317 e. The van der Waals surface area contributed by atoms with Crippen molar-refractivity contribution in [2.45, 2.75) is 31.6 Å². The number of benzene rings is 1. The van der Waals surface area contributed by atoms with E-state index in [0.717, 1.165) is 55.4 Å². The van der Waals surface area contributed by atoms with Crippen LogP contribution in [0.2, 0.25) is 5.02 Å². The highest BCUT2D eigenvalue weighted by Crippen LogP contribution is 2.32. The highest BCUT2D eigenvalue weighted by atomic mass is 35.5. The second kappa shape index (κ2) is 4.86. The van der Waals surface area contributed by atoms with Crippen molar-refractivity contribution in [3.8, 4) is 5.69 Å². The number of rotatable bonds is 1. The molecule has 4 nitrogen and oxygen atoms in total. The molecule has 0 spiro atoms. The number of aromatic nitrogens is 3. The third-order valence-electron chi connectivity index (χ3n) is 4.36. The van der Waals surface area contributed by atoms with Crippen LogP contribution in [0.25, 0.3) is 5.69 Å². The summed E-state index contributed by atoms with van der Waals surface area (Å²) in [5, 5.41) is 13.1. The van der Waals surface area contributed by atoms with Crippen molar-refractivity contribution < 1.29 is 0 Å². The molecule has 0 saturated carbocycles. The minimum atomic E-state index is 0.513. The van der Waals surface area contributed by atoms with Crippen molar-refractivity contribution in [1.29, 1.82) is 0 Å². The predicted molar refractivity (Wildman–Crippen MR) is 78.6 cm³/mol. The van der Waals surface area contributed by atoms with Gasteiger partial charge in [0.15, 0.2) is 0 Å². The van der Waals surface area contributed by atoms with Crippen LogP contribution in [-0.4, -0.2) is 27.9 Å². The molecule has 1 aromatic heterocycles. The maximum Gasteiger partial charge on any atom is 0.140 e. The Balaban J connectivity index is 1.82. The van der Waals surface area contributed by atoms with Crippen molar-refractivity contribution in [1.82, 2.24) is 20.1 Å². The second-order valence-corrected chi connectivity index (χ2v) is 6.04. The van der Waals surface area contributed by atoms with Crippen LogP contribution in [0.4, 0.5) is 0 Å². The van der Waals surface area contributed by atoms with Crippen LogP contribution in [-0.2, 0) is 12.8 Å². The molecule has 0 radical (unpaired) electrons. The zero-order valence-corrected chi connectivity index (χ0v) is 12.0. The zero-order chi connectivity index (χ0) is 13.5. The summed E-state index contributed by atoms with van der Waals surface area (Å²) in [6.45, 7) is 2.14. The van der Waals surface area contributed by atoms with Gasteiger partial charge in [-0.25, -0.2) is 0 Å². The van der Waals surface area contributed by atoms with Crippen molar-refractivity contribution in [2.75, 3.05) is 13.1 Å². The lowest BCUT2D eigenvalue weighted by atomic mass is 9.96. The lowest BCUT2D eigenvalue weighted by molar-refractivity contribution is 0.439. The molecule has 1 N–H and O–H groups in total. The smallest absolute Gasteiger partial charge is 0.140 e. The summed E-state index contributed by atoms with van der Waals surface area (Å²) in [6.07, 6.45) is 4.23. The van der Waals surface area contributed by atoms with Crippen molar-refractivity contribution in [2.24, 2.45) is 0 Å². The first kappa shape index (κ1) is 12.4. The van der Waals surface area contributed by atoms with Gasteiger partial charge >= 0.3 is 0 Å². The van der Waals surface area contributed by atoms with E-state index in [1.165, 1.54) is 11.3 Å². The number of hydrogen-bond donors (Lipinski definition) is 1. The zero-order valence-electron chi connectivity index (χ0n) is 11.3. The molecule has 1 fully saturated rings. The Labute approximate surface area is 123 Å². The fourth-order valence-electron chi connectivity index (χ4n) is 3.32. The van der Waals surface area contributed by atoms with Gasteiger partial charge in [0.25, 0.3) is 0 Å². The maximum atomic E-state index is 6.12. The number of piperidine rings is 1. The highest BCUT2D eigenvalue weighted by Gasteiger charge is 2.27. The van der Waals surface area contributed by atoms with Gasteiger partial charge in [0.1, 0.15) is 11.6 Å². The van der Waals surface area contributed by atoms with Gasteiger partial charge < -0.3 is 5.32 Å². The Morgan fingerprint density at radius 2 is 2.00 bits per heavy atom. The molecular weight excluding hydrogens is 272 g/mol. The lowest BCUT2D eigenvalue weighted by Crippen LogP contribution is -2.28. The molecule has 4 rings (SSSR count). The molecule has 104 valence electrons. The first-order valence-electron chi connectivity index (χ1n) is 7.26. The SMILES string of the molecule is Clc1ccc2c(c1)CCc1nnc(C3CCNCC3)n1-2. The second-order valence-electron chi connectivity index (χ2n) is 5.61. The fraction of sp³-hybridized carbons (Fsp3) is 0.467. The van der Waals surface area contributed by atoms with Crippen LogP contribution in [0, 0.1) is 0 Å². The number of hydrogen-bond acceptors (Lipinski definition) is 3. The molecule has 0 aliphatic carbocycles. The first-order chi connectivity index (χ1) is 9.83. The first-order valence-corrected chi connectivity index (χ1v) is 7.64. The summed E-state index contributed by atoms with van der Waals surface area (Å²) < 4.78 is 2.27. The number of nitrogens with one attached hydrogen (secondary N) is 1. The quantitative estimate of drug-likeness (QED) is 0.877. The standard InChI is InChI=1S/C15H17ClN4/c16-12-2-3-13-11(9-12)1-4-14-18-19-15(20(13)14)10-5-7-17-8-6-10/h2-3,9-10,17H,1,4-8H2. The van der Waals surface area contributed by atoms with Crippen molar-refractivity contribution >= 4 is 11.6 Å². The molecule has 20 heavy (non-hydrogen) atoms. The van der Waals surface area contributed by atoms with Crippen LogP contribution >= 0.6 is 11.6 Å². The minimum absolute atomic E-state index is 0.513. The molecule has 3 heterocycles. The normalized spacial score (nSPS) is 18.6.